The minimum Gasteiger partial charge on any atom is -0.358 e. The highest BCUT2D eigenvalue weighted by Crippen LogP contribution is 2.33. The van der Waals surface area contributed by atoms with Crippen LogP contribution in [-0.2, 0) is 12.8 Å². The molecule has 18 heavy (non-hydrogen) atoms. The summed E-state index contributed by atoms with van der Waals surface area (Å²) in [6, 6.07) is 4.59. The summed E-state index contributed by atoms with van der Waals surface area (Å²) >= 11 is 0. The van der Waals surface area contributed by atoms with Gasteiger partial charge >= 0.3 is 0 Å². The summed E-state index contributed by atoms with van der Waals surface area (Å²) in [5.74, 6) is 0.794. The van der Waals surface area contributed by atoms with Crippen molar-refractivity contribution in [3.05, 3.63) is 34.5 Å². The van der Waals surface area contributed by atoms with Gasteiger partial charge in [-0.15, -0.1) is 0 Å². The van der Waals surface area contributed by atoms with Gasteiger partial charge in [-0.2, -0.15) is 0 Å². The predicted octanol–water partition coefficient (Wildman–Crippen LogP) is 3.11. The molecule has 2 aromatic rings. The van der Waals surface area contributed by atoms with Gasteiger partial charge in [0.1, 0.15) is 0 Å². The molecule has 3 rings (SSSR count). The molecule has 1 aromatic heterocycles. The zero-order valence-electron chi connectivity index (χ0n) is 11.6. The molecular weight excluding hydrogens is 220 g/mol. The molecule has 1 aliphatic carbocycles. The van der Waals surface area contributed by atoms with Gasteiger partial charge in [0, 0.05) is 16.6 Å². The second-order valence-electron chi connectivity index (χ2n) is 5.75. The van der Waals surface area contributed by atoms with Crippen LogP contribution in [0.1, 0.15) is 28.8 Å². The minimum absolute atomic E-state index is 0.794. The molecule has 2 heteroatoms. The van der Waals surface area contributed by atoms with Crippen LogP contribution in [0, 0.1) is 19.8 Å². The molecule has 0 bridgehead atoms. The molecule has 1 aromatic carbocycles. The molecule has 1 heterocycles. The highest BCUT2D eigenvalue weighted by atomic mass is 14.8. The molecule has 0 radical (unpaired) electrons. The molecule has 0 spiro atoms. The zero-order chi connectivity index (χ0) is 12.7. The summed E-state index contributed by atoms with van der Waals surface area (Å²) in [5.41, 5.74) is 7.17. The van der Waals surface area contributed by atoms with Crippen LogP contribution in [0.3, 0.4) is 0 Å². The normalized spacial score (nSPS) is 19.2. The average molecular weight is 242 g/mol. The third-order valence-electron chi connectivity index (χ3n) is 4.22. The van der Waals surface area contributed by atoms with E-state index < -0.39 is 0 Å². The Morgan fingerprint density at radius 1 is 1.33 bits per heavy atom. The van der Waals surface area contributed by atoms with E-state index in [2.05, 4.69) is 43.3 Å². The molecule has 0 fully saturated rings. The van der Waals surface area contributed by atoms with Crippen molar-refractivity contribution in [2.45, 2.75) is 33.1 Å². The van der Waals surface area contributed by atoms with E-state index >= 15 is 0 Å². The van der Waals surface area contributed by atoms with Crippen molar-refractivity contribution in [1.29, 1.82) is 0 Å². The fourth-order valence-corrected chi connectivity index (χ4v) is 3.50. The lowest BCUT2D eigenvalue weighted by Crippen LogP contribution is -2.24. The lowest BCUT2D eigenvalue weighted by molar-refractivity contribution is 0.439. The van der Waals surface area contributed by atoms with Crippen molar-refractivity contribution in [1.82, 2.24) is 10.3 Å². The smallest absolute Gasteiger partial charge is 0.0464 e. The van der Waals surface area contributed by atoms with Crippen molar-refractivity contribution in [3.8, 4) is 0 Å². The van der Waals surface area contributed by atoms with Gasteiger partial charge in [-0.1, -0.05) is 6.07 Å². The number of benzene rings is 1. The van der Waals surface area contributed by atoms with Crippen LogP contribution in [0.15, 0.2) is 12.1 Å². The van der Waals surface area contributed by atoms with Crippen molar-refractivity contribution >= 4 is 10.9 Å². The molecule has 96 valence electrons. The summed E-state index contributed by atoms with van der Waals surface area (Å²) in [5, 5.41) is 4.80. The molecule has 0 saturated carbocycles. The van der Waals surface area contributed by atoms with Crippen LogP contribution in [0.4, 0.5) is 0 Å². The molecule has 0 amide bonds. The highest BCUT2D eigenvalue weighted by Gasteiger charge is 2.22. The molecule has 2 nitrogen and oxygen atoms in total. The minimum atomic E-state index is 0.794. The topological polar surface area (TPSA) is 27.8 Å². The molecular formula is C16H22N2. The van der Waals surface area contributed by atoms with Gasteiger partial charge in [0.25, 0.3) is 0 Å². The second-order valence-corrected chi connectivity index (χ2v) is 5.75. The van der Waals surface area contributed by atoms with E-state index in [-0.39, 0.29) is 0 Å². The van der Waals surface area contributed by atoms with Gasteiger partial charge in [0.05, 0.1) is 0 Å². The highest BCUT2D eigenvalue weighted by molar-refractivity contribution is 5.88. The molecule has 1 atom stereocenters. The quantitative estimate of drug-likeness (QED) is 0.832. The largest absolute Gasteiger partial charge is 0.358 e. The van der Waals surface area contributed by atoms with Gasteiger partial charge in [-0.25, -0.2) is 0 Å². The van der Waals surface area contributed by atoms with Crippen LogP contribution in [-0.4, -0.2) is 18.6 Å². The Labute approximate surface area is 109 Å². The first-order valence-electron chi connectivity index (χ1n) is 6.94. The van der Waals surface area contributed by atoms with E-state index in [9.17, 15) is 0 Å². The van der Waals surface area contributed by atoms with Crippen LogP contribution >= 0.6 is 0 Å². The third-order valence-corrected chi connectivity index (χ3v) is 4.22. The average Bonchev–Trinajstić information content (AvgIpc) is 2.66. The molecule has 0 aliphatic heterocycles. The first-order valence-corrected chi connectivity index (χ1v) is 6.94. The number of fused-ring (bicyclic) bond motifs is 3. The van der Waals surface area contributed by atoms with Crippen molar-refractivity contribution in [2.24, 2.45) is 5.92 Å². The molecule has 1 aliphatic rings. The maximum atomic E-state index is 3.64. The van der Waals surface area contributed by atoms with E-state index in [0.29, 0.717) is 0 Å². The van der Waals surface area contributed by atoms with Gasteiger partial charge < -0.3 is 10.3 Å². The maximum Gasteiger partial charge on any atom is 0.0464 e. The number of hydrogen-bond acceptors (Lipinski definition) is 1. The monoisotopic (exact) mass is 242 g/mol. The van der Waals surface area contributed by atoms with Crippen LogP contribution in [0.2, 0.25) is 0 Å². The van der Waals surface area contributed by atoms with Crippen LogP contribution in [0.25, 0.3) is 10.9 Å². The second kappa shape index (κ2) is 4.43. The van der Waals surface area contributed by atoms with Gasteiger partial charge in [0.15, 0.2) is 0 Å². The summed E-state index contributed by atoms with van der Waals surface area (Å²) in [6.45, 7) is 5.55. The van der Waals surface area contributed by atoms with Crippen LogP contribution in [0.5, 0.6) is 0 Å². The Bertz CT molecular complexity index is 580. The zero-order valence-corrected chi connectivity index (χ0v) is 11.6. The van der Waals surface area contributed by atoms with E-state index in [4.69, 9.17) is 0 Å². The Morgan fingerprint density at radius 3 is 2.94 bits per heavy atom. The fourth-order valence-electron chi connectivity index (χ4n) is 3.50. The van der Waals surface area contributed by atoms with Crippen molar-refractivity contribution in [2.75, 3.05) is 13.6 Å². The molecule has 2 N–H and O–H groups in total. The predicted molar refractivity (Wildman–Crippen MR) is 77.2 cm³/mol. The van der Waals surface area contributed by atoms with Gasteiger partial charge in [0.2, 0.25) is 0 Å². The SMILES string of the molecule is CNCC1CCc2[nH]c3cc(C)cc(C)c3c2C1. The number of hydrogen-bond donors (Lipinski definition) is 2. The number of aromatic nitrogens is 1. The summed E-state index contributed by atoms with van der Waals surface area (Å²) in [6.07, 6.45) is 3.73. The molecule has 0 saturated heterocycles. The summed E-state index contributed by atoms with van der Waals surface area (Å²) in [7, 11) is 2.05. The van der Waals surface area contributed by atoms with Crippen LogP contribution < -0.4 is 5.32 Å². The number of aromatic amines is 1. The van der Waals surface area contributed by atoms with Gasteiger partial charge in [-0.05, 0) is 75.4 Å². The third kappa shape index (κ3) is 1.85. The van der Waals surface area contributed by atoms with E-state index in [1.54, 1.807) is 5.56 Å². The molecule has 1 unspecified atom stereocenters. The fraction of sp³-hybridized carbons (Fsp3) is 0.500. The number of H-pyrrole nitrogens is 1. The van der Waals surface area contributed by atoms with Gasteiger partial charge in [-0.3, -0.25) is 0 Å². The van der Waals surface area contributed by atoms with E-state index in [1.807, 2.05) is 0 Å². The van der Waals surface area contributed by atoms with E-state index in [0.717, 1.165) is 12.5 Å². The standard InChI is InChI=1S/C16H22N2/c1-10-6-11(2)16-13-8-12(9-17-3)4-5-14(13)18-15(16)7-10/h6-7,12,17-18H,4-5,8-9H2,1-3H3. The summed E-state index contributed by atoms with van der Waals surface area (Å²) < 4.78 is 0. The lowest BCUT2D eigenvalue weighted by atomic mass is 9.85. The number of nitrogens with one attached hydrogen (secondary N) is 2. The number of rotatable bonds is 2. The Balaban J connectivity index is 2.10. The maximum absolute atomic E-state index is 3.64. The Morgan fingerprint density at radius 2 is 2.17 bits per heavy atom. The first kappa shape index (κ1) is 11.8. The Kier molecular flexibility index (Phi) is 2.90. The number of aryl methyl sites for hydroxylation is 3. The summed E-state index contributed by atoms with van der Waals surface area (Å²) in [4.78, 5) is 3.64. The Hall–Kier alpha value is -1.28. The van der Waals surface area contributed by atoms with E-state index in [1.165, 1.54) is 47.0 Å². The van der Waals surface area contributed by atoms with Crippen molar-refractivity contribution in [3.63, 3.8) is 0 Å². The first-order chi connectivity index (χ1) is 8.69. The van der Waals surface area contributed by atoms with Crippen molar-refractivity contribution < 1.29 is 0 Å². The lowest BCUT2D eigenvalue weighted by Gasteiger charge is -2.22.